The fraction of sp³-hybridized carbons (Fsp3) is 0. The summed E-state index contributed by atoms with van der Waals surface area (Å²) in [5.74, 6) is -2.92. The van der Waals surface area contributed by atoms with Crippen molar-refractivity contribution in [2.45, 2.75) is 0 Å². The van der Waals surface area contributed by atoms with Gasteiger partial charge in [0.2, 0.25) is 0 Å². The van der Waals surface area contributed by atoms with Gasteiger partial charge in [-0.15, -0.1) is 0 Å². The molecule has 0 aromatic heterocycles. The third-order valence-electron chi connectivity index (χ3n) is 3.28. The maximum atomic E-state index is 11.1. The van der Waals surface area contributed by atoms with Gasteiger partial charge in [0.15, 0.2) is 0 Å². The number of hydrogen-bond donors (Lipinski definition) is 0. The van der Waals surface area contributed by atoms with E-state index in [1.807, 2.05) is 0 Å². The van der Waals surface area contributed by atoms with Crippen molar-refractivity contribution in [1.82, 2.24) is 0 Å². The van der Waals surface area contributed by atoms with Gasteiger partial charge >= 0.3 is 22.4 Å². The van der Waals surface area contributed by atoms with Crippen LogP contribution in [-0.2, 0) is 22.4 Å². The molecule has 0 aliphatic rings. The predicted molar refractivity (Wildman–Crippen MR) is 91.7 cm³/mol. The van der Waals surface area contributed by atoms with Crippen molar-refractivity contribution in [3.8, 4) is 11.5 Å². The molecule has 0 heterocycles. The van der Waals surface area contributed by atoms with E-state index in [0.29, 0.717) is 24.3 Å². The monoisotopic (exact) mass is 563 g/mol. The molecule has 0 unspecified atom stereocenters. The number of non-ortho nitro benzene ring substituents is 2. The van der Waals surface area contributed by atoms with Crippen molar-refractivity contribution in [3.05, 3.63) is 85.0 Å². The number of rotatable bonds is 6. The van der Waals surface area contributed by atoms with Crippen molar-refractivity contribution in [3.63, 3.8) is 0 Å². The first-order chi connectivity index (χ1) is 14.7. The van der Waals surface area contributed by atoms with E-state index in [1.54, 1.807) is 0 Å². The molecular weight excluding hydrogens is 560 g/mol. The van der Waals surface area contributed by atoms with E-state index >= 15 is 0 Å². The number of nitro groups is 6. The van der Waals surface area contributed by atoms with E-state index in [-0.39, 0.29) is 22.4 Å². The Kier molecular flexibility index (Phi) is 9.38. The molecule has 0 bridgehead atoms. The van der Waals surface area contributed by atoms with Gasteiger partial charge in [0.05, 0.1) is 65.3 Å². The van der Waals surface area contributed by atoms with Crippen LogP contribution >= 0.6 is 0 Å². The molecule has 0 amide bonds. The molecule has 0 fully saturated rings. The van der Waals surface area contributed by atoms with Crippen LogP contribution in [0.5, 0.6) is 11.5 Å². The van der Waals surface area contributed by atoms with Crippen molar-refractivity contribution in [2.24, 2.45) is 0 Å². The maximum absolute atomic E-state index is 11.1. The molecule has 0 aliphatic carbocycles. The quantitative estimate of drug-likeness (QED) is 0.268. The van der Waals surface area contributed by atoms with Crippen LogP contribution in [0.3, 0.4) is 0 Å². The van der Waals surface area contributed by atoms with Crippen LogP contribution in [0.1, 0.15) is 0 Å². The summed E-state index contributed by atoms with van der Waals surface area (Å²) in [7, 11) is 0. The number of hydrogen-bond acceptors (Lipinski definition) is 14. The first-order valence-electron chi connectivity index (χ1n) is 7.25. The zero-order valence-electron chi connectivity index (χ0n) is 15.0. The zero-order valence-corrected chi connectivity index (χ0v) is 16.5. The van der Waals surface area contributed by atoms with E-state index in [4.69, 9.17) is 0 Å². The summed E-state index contributed by atoms with van der Waals surface area (Å²) in [5.41, 5.74) is -6.53. The van der Waals surface area contributed by atoms with Gasteiger partial charge in [0, 0.05) is 0 Å². The third kappa shape index (κ3) is 6.58. The summed E-state index contributed by atoms with van der Waals surface area (Å²) >= 11 is 0. The predicted octanol–water partition coefficient (Wildman–Crippen LogP) is 0.967. The largest absolute Gasteiger partial charge is 1.00 e. The van der Waals surface area contributed by atoms with Crippen molar-refractivity contribution < 1.29 is 62.1 Å². The molecule has 0 spiro atoms. The minimum Gasteiger partial charge on any atom is -0.863 e. The minimum absolute atomic E-state index is 0. The average molecular weight is 564 g/mol. The Morgan fingerprint density at radius 1 is 0.424 bits per heavy atom. The Morgan fingerprint density at radius 3 is 0.727 bits per heavy atom. The van der Waals surface area contributed by atoms with Crippen LogP contribution in [0.15, 0.2) is 24.3 Å². The second-order valence-electron chi connectivity index (χ2n) is 5.17. The van der Waals surface area contributed by atoms with Crippen LogP contribution in [-0.4, -0.2) is 29.5 Å². The second-order valence-corrected chi connectivity index (χ2v) is 5.17. The SMILES string of the molecule is O=[N+]([O-])c1cc([N+](=O)[O-])c([O-])c([N+](=O)[O-])c1.O=[N+]([O-])c1cc([N+](=O)[O-])c([O-])c([N+](=O)[O-])c1.[Ag+]. The standard InChI is InChI=1S/2C6H3N3O7.Ag/c2*10-6-4(8(13)14)1-3(7(11)12)2-5(6)9(15)16;/h2*1-2,10H;/q;;+1/p-2. The van der Waals surface area contributed by atoms with Gasteiger partial charge in [-0.1, -0.05) is 0 Å². The van der Waals surface area contributed by atoms with Crippen LogP contribution in [0.4, 0.5) is 34.1 Å². The van der Waals surface area contributed by atoms with E-state index < -0.39 is 75.2 Å². The van der Waals surface area contributed by atoms with E-state index in [0.717, 1.165) is 0 Å². The molecule has 0 saturated carbocycles. The molecule has 0 atom stereocenters. The Bertz CT molecular complexity index is 1020. The van der Waals surface area contributed by atoms with Gasteiger partial charge in [0.25, 0.3) is 34.1 Å². The van der Waals surface area contributed by atoms with E-state index in [1.165, 1.54) is 0 Å². The maximum Gasteiger partial charge on any atom is 1.00 e. The molecule has 0 saturated heterocycles. The summed E-state index contributed by atoms with van der Waals surface area (Å²) in [6, 6.07) is 1.54. The Balaban J connectivity index is 0.000000602. The summed E-state index contributed by atoms with van der Waals surface area (Å²) in [4.78, 5) is 55.0. The summed E-state index contributed by atoms with van der Waals surface area (Å²) in [6.07, 6.45) is 0. The zero-order chi connectivity index (χ0) is 24.9. The topological polar surface area (TPSA) is 305 Å². The van der Waals surface area contributed by atoms with Crippen molar-refractivity contribution in [1.29, 1.82) is 0 Å². The summed E-state index contributed by atoms with van der Waals surface area (Å²) in [6.45, 7) is 0. The van der Waals surface area contributed by atoms with Crippen LogP contribution in [0.2, 0.25) is 0 Å². The Labute approximate surface area is 193 Å². The first-order valence-corrected chi connectivity index (χ1v) is 7.25. The number of nitro benzene ring substituents is 6. The Hall–Kier alpha value is -4.82. The Morgan fingerprint density at radius 2 is 0.606 bits per heavy atom. The normalized spacial score (nSPS) is 9.45. The van der Waals surface area contributed by atoms with Gasteiger partial charge < -0.3 is 10.2 Å². The van der Waals surface area contributed by atoms with Crippen LogP contribution < -0.4 is 10.2 Å². The molecule has 33 heavy (non-hydrogen) atoms. The van der Waals surface area contributed by atoms with Gasteiger partial charge in [-0.2, -0.15) is 0 Å². The molecule has 0 N–H and O–H groups in total. The molecule has 0 aliphatic heterocycles. The van der Waals surface area contributed by atoms with Crippen molar-refractivity contribution >= 4 is 34.1 Å². The minimum atomic E-state index is -1.46. The van der Waals surface area contributed by atoms with E-state index in [2.05, 4.69) is 0 Å². The fourth-order valence-electron chi connectivity index (χ4n) is 1.92. The molecule has 20 nitrogen and oxygen atoms in total. The van der Waals surface area contributed by atoms with Gasteiger partial charge in [-0.3, -0.25) is 60.7 Å². The van der Waals surface area contributed by atoms with E-state index in [9.17, 15) is 70.9 Å². The van der Waals surface area contributed by atoms with Crippen molar-refractivity contribution in [2.75, 3.05) is 0 Å². The first kappa shape index (κ1) is 28.2. The third-order valence-corrected chi connectivity index (χ3v) is 3.28. The summed E-state index contributed by atoms with van der Waals surface area (Å²) < 4.78 is 0. The molecule has 21 heteroatoms. The molecular formula is C12H4AgN6O14-. The smallest absolute Gasteiger partial charge is 0.863 e. The number of benzene rings is 2. The molecule has 2 aromatic carbocycles. The molecule has 2 rings (SSSR count). The molecule has 2 aromatic rings. The van der Waals surface area contributed by atoms with Crippen LogP contribution in [0, 0.1) is 60.7 Å². The summed E-state index contributed by atoms with van der Waals surface area (Å²) in [5, 5.41) is 84.2. The van der Waals surface area contributed by atoms with Crippen LogP contribution in [0.25, 0.3) is 0 Å². The average Bonchev–Trinajstić information content (AvgIpc) is 2.67. The number of nitrogens with zero attached hydrogens (tertiary/aromatic N) is 6. The molecule has 178 valence electrons. The van der Waals surface area contributed by atoms with Gasteiger partial charge in [0.1, 0.15) is 0 Å². The second kappa shape index (κ2) is 11.0. The van der Waals surface area contributed by atoms with Gasteiger partial charge in [-0.05, 0) is 0 Å². The fourth-order valence-corrected chi connectivity index (χ4v) is 1.92. The molecule has 0 radical (unpaired) electrons. The van der Waals surface area contributed by atoms with Gasteiger partial charge in [-0.25, -0.2) is 0 Å².